The van der Waals surface area contributed by atoms with Crippen LogP contribution in [0.15, 0.2) is 4.99 Å². The summed E-state index contributed by atoms with van der Waals surface area (Å²) in [5, 5.41) is 2.11. The van der Waals surface area contributed by atoms with E-state index < -0.39 is 9.84 Å². The first kappa shape index (κ1) is 11.1. The fourth-order valence-corrected chi connectivity index (χ4v) is 4.00. The van der Waals surface area contributed by atoms with Gasteiger partial charge in [0.25, 0.3) is 0 Å². The summed E-state index contributed by atoms with van der Waals surface area (Å²) in [5.74, 6) is 1.85. The van der Waals surface area contributed by atoms with Gasteiger partial charge >= 0.3 is 0 Å². The summed E-state index contributed by atoms with van der Waals surface area (Å²) in [7, 11) is -2.74. The van der Waals surface area contributed by atoms with Gasteiger partial charge in [-0.2, -0.15) is 0 Å². The summed E-state index contributed by atoms with van der Waals surface area (Å²) in [5.41, 5.74) is 0. The molecule has 0 aliphatic carbocycles. The van der Waals surface area contributed by atoms with E-state index in [9.17, 15) is 8.42 Å². The number of quaternary nitrogens is 1. The number of aliphatic imine (C=N–C) groups is 1. The molecule has 0 aromatic rings. The first-order valence-electron chi connectivity index (χ1n) is 5.74. The lowest BCUT2D eigenvalue weighted by atomic mass is 10.2. The molecule has 1 unspecified atom stereocenters. The first-order valence-corrected chi connectivity index (χ1v) is 7.56. The molecule has 0 radical (unpaired) electrons. The Bertz CT molecular complexity index is 348. The molecule has 2 aliphatic rings. The standard InChI is InChI=1S/C10H18N2O2S/c13-15(14)7-5-9(8-15)12-10-4-2-1-3-6-11-10/h9H,1-8H2,(H,11,12)/p+1. The molecule has 4 nitrogen and oxygen atoms in total. The van der Waals surface area contributed by atoms with E-state index in [1.807, 2.05) is 0 Å². The van der Waals surface area contributed by atoms with Crippen molar-refractivity contribution in [3.63, 3.8) is 0 Å². The predicted molar refractivity (Wildman–Crippen MR) is 59.8 cm³/mol. The van der Waals surface area contributed by atoms with E-state index in [0.717, 1.165) is 25.2 Å². The maximum absolute atomic E-state index is 11.3. The fraction of sp³-hybridized carbons (Fsp3) is 0.900. The Morgan fingerprint density at radius 1 is 1.27 bits per heavy atom. The number of nitrogens with two attached hydrogens (primary N) is 1. The number of sulfone groups is 1. The summed E-state index contributed by atoms with van der Waals surface area (Å²) in [4.78, 5) is 4.50. The second-order valence-corrected chi connectivity index (χ2v) is 6.74. The zero-order valence-corrected chi connectivity index (χ0v) is 9.80. The third-order valence-corrected chi connectivity index (χ3v) is 4.90. The van der Waals surface area contributed by atoms with Gasteiger partial charge in [0.15, 0.2) is 15.7 Å². The van der Waals surface area contributed by atoms with Crippen molar-refractivity contribution in [2.45, 2.75) is 38.1 Å². The highest BCUT2D eigenvalue weighted by Crippen LogP contribution is 2.09. The van der Waals surface area contributed by atoms with Crippen LogP contribution in [-0.2, 0) is 9.84 Å². The lowest BCUT2D eigenvalue weighted by Crippen LogP contribution is -2.93. The van der Waals surface area contributed by atoms with Crippen LogP contribution in [0.1, 0.15) is 32.1 Å². The molecule has 0 bridgehead atoms. The van der Waals surface area contributed by atoms with Gasteiger partial charge in [-0.25, -0.2) is 13.4 Å². The molecular formula is C10H19N2O2S+. The van der Waals surface area contributed by atoms with Crippen molar-refractivity contribution in [3.05, 3.63) is 0 Å². The van der Waals surface area contributed by atoms with Crippen LogP contribution in [0.4, 0.5) is 0 Å². The molecule has 0 aromatic carbocycles. The second-order valence-electron chi connectivity index (χ2n) is 4.51. The lowest BCUT2D eigenvalue weighted by molar-refractivity contribution is -0.577. The van der Waals surface area contributed by atoms with E-state index in [0.29, 0.717) is 11.5 Å². The second kappa shape index (κ2) is 4.61. The normalized spacial score (nSPS) is 30.9. The van der Waals surface area contributed by atoms with Crippen molar-refractivity contribution in [2.75, 3.05) is 18.1 Å². The van der Waals surface area contributed by atoms with E-state index in [1.165, 1.54) is 19.3 Å². The number of nitrogens with zero attached hydrogens (tertiary/aromatic N) is 1. The molecule has 2 N–H and O–H groups in total. The largest absolute Gasteiger partial charge is 0.298 e. The molecular weight excluding hydrogens is 212 g/mol. The Labute approximate surface area is 91.1 Å². The molecule has 1 atom stereocenters. The van der Waals surface area contributed by atoms with Crippen LogP contribution in [-0.4, -0.2) is 38.3 Å². The van der Waals surface area contributed by atoms with Gasteiger partial charge in [0.2, 0.25) is 0 Å². The minimum Gasteiger partial charge on any atom is -0.298 e. The zero-order chi connectivity index (χ0) is 10.7. The van der Waals surface area contributed by atoms with E-state index in [2.05, 4.69) is 10.3 Å². The molecule has 15 heavy (non-hydrogen) atoms. The molecule has 2 rings (SSSR count). The van der Waals surface area contributed by atoms with Gasteiger partial charge in [-0.05, 0) is 12.8 Å². The van der Waals surface area contributed by atoms with Crippen LogP contribution in [0.2, 0.25) is 0 Å². The van der Waals surface area contributed by atoms with Gasteiger partial charge in [-0.1, -0.05) is 6.42 Å². The van der Waals surface area contributed by atoms with Crippen molar-refractivity contribution in [2.24, 2.45) is 4.99 Å². The van der Waals surface area contributed by atoms with Gasteiger partial charge in [0.05, 0.1) is 5.75 Å². The highest BCUT2D eigenvalue weighted by molar-refractivity contribution is 7.91. The van der Waals surface area contributed by atoms with E-state index >= 15 is 0 Å². The molecule has 0 aromatic heterocycles. The Kier molecular flexibility index (Phi) is 3.41. The smallest absolute Gasteiger partial charge is 0.195 e. The van der Waals surface area contributed by atoms with Gasteiger partial charge in [0, 0.05) is 19.4 Å². The molecule has 5 heteroatoms. The highest BCUT2D eigenvalue weighted by Gasteiger charge is 2.31. The molecule has 1 saturated heterocycles. The molecule has 2 heterocycles. The molecule has 0 amide bonds. The first-order chi connectivity index (χ1) is 7.16. The molecule has 86 valence electrons. The van der Waals surface area contributed by atoms with Gasteiger partial charge in [-0.3, -0.25) is 5.32 Å². The minimum atomic E-state index is -2.74. The number of hydrogen-bond acceptors (Lipinski definition) is 3. The molecule has 0 saturated carbocycles. The quantitative estimate of drug-likeness (QED) is 0.674. The minimum absolute atomic E-state index is 0.229. The summed E-state index contributed by atoms with van der Waals surface area (Å²) < 4.78 is 22.6. The van der Waals surface area contributed by atoms with Crippen LogP contribution in [0.5, 0.6) is 0 Å². The topological polar surface area (TPSA) is 63.1 Å². The van der Waals surface area contributed by atoms with Crippen molar-refractivity contribution in [1.29, 1.82) is 0 Å². The average molecular weight is 231 g/mol. The highest BCUT2D eigenvalue weighted by atomic mass is 32.2. The Balaban J connectivity index is 1.89. The SMILES string of the molecule is O=S1(=O)CCC([NH2+]C2=NCCCCC2)C1. The van der Waals surface area contributed by atoms with Crippen LogP contribution in [0.3, 0.4) is 0 Å². The van der Waals surface area contributed by atoms with Crippen molar-refractivity contribution < 1.29 is 13.7 Å². The number of hydrogen-bond donors (Lipinski definition) is 1. The Morgan fingerprint density at radius 3 is 2.87 bits per heavy atom. The molecule has 2 aliphatic heterocycles. The summed E-state index contributed by atoms with van der Waals surface area (Å²) in [6.07, 6.45) is 5.47. The third-order valence-electron chi connectivity index (χ3n) is 3.10. The van der Waals surface area contributed by atoms with Gasteiger partial charge < -0.3 is 0 Å². The summed E-state index contributed by atoms with van der Waals surface area (Å²) in [6, 6.07) is 0.229. The van der Waals surface area contributed by atoms with Crippen LogP contribution in [0.25, 0.3) is 0 Å². The van der Waals surface area contributed by atoms with Crippen LogP contribution in [0, 0.1) is 0 Å². The van der Waals surface area contributed by atoms with Crippen molar-refractivity contribution in [1.82, 2.24) is 0 Å². The summed E-state index contributed by atoms with van der Waals surface area (Å²) >= 11 is 0. The van der Waals surface area contributed by atoms with Crippen LogP contribution >= 0.6 is 0 Å². The predicted octanol–water partition coefficient (Wildman–Crippen LogP) is -0.291. The average Bonchev–Trinajstić information content (AvgIpc) is 2.41. The Morgan fingerprint density at radius 2 is 2.13 bits per heavy atom. The molecule has 1 fully saturated rings. The maximum Gasteiger partial charge on any atom is 0.195 e. The lowest BCUT2D eigenvalue weighted by Gasteiger charge is -2.07. The van der Waals surface area contributed by atoms with Crippen LogP contribution < -0.4 is 5.32 Å². The van der Waals surface area contributed by atoms with Crippen molar-refractivity contribution in [3.8, 4) is 0 Å². The fourth-order valence-electron chi connectivity index (χ4n) is 2.26. The van der Waals surface area contributed by atoms with E-state index in [1.54, 1.807) is 0 Å². The Hall–Kier alpha value is -0.420. The number of rotatable bonds is 1. The van der Waals surface area contributed by atoms with E-state index in [-0.39, 0.29) is 6.04 Å². The zero-order valence-electron chi connectivity index (χ0n) is 8.98. The molecule has 0 spiro atoms. The third kappa shape index (κ3) is 3.28. The monoisotopic (exact) mass is 231 g/mol. The maximum atomic E-state index is 11.3. The van der Waals surface area contributed by atoms with Crippen molar-refractivity contribution >= 4 is 15.7 Å². The number of amidine groups is 1. The summed E-state index contributed by atoms with van der Waals surface area (Å²) in [6.45, 7) is 0.922. The van der Waals surface area contributed by atoms with Gasteiger partial charge in [0.1, 0.15) is 11.8 Å². The van der Waals surface area contributed by atoms with E-state index in [4.69, 9.17) is 0 Å². The van der Waals surface area contributed by atoms with Gasteiger partial charge in [-0.15, -0.1) is 0 Å².